The molecule has 3 nitrogen and oxygen atoms in total. The van der Waals surface area contributed by atoms with Gasteiger partial charge < -0.3 is 0 Å². The minimum atomic E-state index is -3.62. The van der Waals surface area contributed by atoms with E-state index in [1.54, 1.807) is 14.0 Å². The van der Waals surface area contributed by atoms with Crippen LogP contribution >= 0.6 is 11.6 Å². The van der Waals surface area contributed by atoms with Crippen molar-refractivity contribution in [1.82, 2.24) is 4.31 Å². The van der Waals surface area contributed by atoms with E-state index in [1.807, 2.05) is 13.8 Å². The summed E-state index contributed by atoms with van der Waals surface area (Å²) in [6.07, 6.45) is 1.68. The number of hydrogen-bond donors (Lipinski definition) is 0. The van der Waals surface area contributed by atoms with Gasteiger partial charge in [-0.05, 0) is 38.0 Å². The predicted octanol–water partition coefficient (Wildman–Crippen LogP) is 3.68. The third-order valence-electron chi connectivity index (χ3n) is 3.45. The first-order chi connectivity index (χ1) is 9.25. The summed E-state index contributed by atoms with van der Waals surface area (Å²) in [6, 6.07) is 2.57. The van der Waals surface area contributed by atoms with Crippen molar-refractivity contribution >= 4 is 21.6 Å². The molecule has 0 amide bonds. The molecule has 0 spiro atoms. The molecule has 1 aromatic rings. The largest absolute Gasteiger partial charge is 0.243 e. The van der Waals surface area contributed by atoms with E-state index in [9.17, 15) is 12.8 Å². The average Bonchev–Trinajstić information content (AvgIpc) is 2.40. The van der Waals surface area contributed by atoms with Crippen molar-refractivity contribution in [3.63, 3.8) is 0 Å². The second-order valence-corrected chi connectivity index (χ2v) is 7.27. The van der Waals surface area contributed by atoms with E-state index in [4.69, 9.17) is 11.6 Å². The molecule has 0 saturated carbocycles. The number of rotatable bonds is 6. The Bertz CT molecular complexity index is 575. The van der Waals surface area contributed by atoms with Crippen LogP contribution in [0.1, 0.15) is 37.8 Å². The summed E-state index contributed by atoms with van der Waals surface area (Å²) in [5, 5.41) is 0. The van der Waals surface area contributed by atoms with Gasteiger partial charge in [0.25, 0.3) is 0 Å². The van der Waals surface area contributed by atoms with Crippen LogP contribution in [0.15, 0.2) is 17.0 Å². The standard InChI is InChI=1S/C14H21ClFNO2S/c1-5-6-11(3)17(4)20(18,19)13-7-10(2)14(16)12(8-13)9-15/h7-8,11H,5-6,9H2,1-4H3. The summed E-state index contributed by atoms with van der Waals surface area (Å²) >= 11 is 5.67. The van der Waals surface area contributed by atoms with Crippen molar-refractivity contribution in [3.05, 3.63) is 29.1 Å². The first kappa shape index (κ1) is 17.4. The van der Waals surface area contributed by atoms with Crippen molar-refractivity contribution in [3.8, 4) is 0 Å². The highest BCUT2D eigenvalue weighted by Crippen LogP contribution is 2.24. The Kier molecular flexibility index (Phi) is 5.98. The molecule has 1 rings (SSSR count). The topological polar surface area (TPSA) is 37.4 Å². The molecule has 0 aliphatic carbocycles. The maximum absolute atomic E-state index is 13.8. The molecule has 0 aliphatic rings. The number of aryl methyl sites for hydroxylation is 1. The Hall–Kier alpha value is -0.650. The zero-order chi connectivity index (χ0) is 15.5. The molecule has 6 heteroatoms. The number of sulfonamides is 1. The fraction of sp³-hybridized carbons (Fsp3) is 0.571. The van der Waals surface area contributed by atoms with Crippen LogP contribution in [0, 0.1) is 12.7 Å². The van der Waals surface area contributed by atoms with E-state index in [-0.39, 0.29) is 22.4 Å². The second-order valence-electron chi connectivity index (χ2n) is 5.01. The number of nitrogens with zero attached hydrogens (tertiary/aromatic N) is 1. The molecule has 1 atom stereocenters. The quantitative estimate of drug-likeness (QED) is 0.749. The Labute approximate surface area is 125 Å². The normalized spacial score (nSPS) is 13.8. The molecule has 1 unspecified atom stereocenters. The van der Waals surface area contributed by atoms with Crippen LogP contribution in [-0.4, -0.2) is 25.8 Å². The SMILES string of the molecule is CCCC(C)N(C)S(=O)(=O)c1cc(C)c(F)c(CCl)c1. The Morgan fingerprint density at radius 3 is 2.50 bits per heavy atom. The Morgan fingerprint density at radius 1 is 1.40 bits per heavy atom. The van der Waals surface area contributed by atoms with Crippen molar-refractivity contribution in [2.45, 2.75) is 50.4 Å². The highest BCUT2D eigenvalue weighted by atomic mass is 35.5. The van der Waals surface area contributed by atoms with Gasteiger partial charge in [0.2, 0.25) is 10.0 Å². The third-order valence-corrected chi connectivity index (χ3v) is 5.69. The molecule has 0 fully saturated rings. The van der Waals surface area contributed by atoms with Crippen LogP contribution in [0.2, 0.25) is 0 Å². The first-order valence-corrected chi connectivity index (χ1v) is 8.56. The lowest BCUT2D eigenvalue weighted by Gasteiger charge is -2.24. The Morgan fingerprint density at radius 2 is 2.00 bits per heavy atom. The molecule has 20 heavy (non-hydrogen) atoms. The fourth-order valence-electron chi connectivity index (χ4n) is 2.06. The lowest BCUT2D eigenvalue weighted by Crippen LogP contribution is -2.35. The van der Waals surface area contributed by atoms with Crippen molar-refractivity contribution in [2.75, 3.05) is 7.05 Å². The molecular formula is C14H21ClFNO2S. The van der Waals surface area contributed by atoms with E-state index in [2.05, 4.69) is 0 Å². The van der Waals surface area contributed by atoms with Gasteiger partial charge in [0.1, 0.15) is 5.82 Å². The molecule has 1 aromatic carbocycles. The number of hydrogen-bond acceptors (Lipinski definition) is 2. The number of alkyl halides is 1. The van der Waals surface area contributed by atoms with Crippen LogP contribution < -0.4 is 0 Å². The predicted molar refractivity (Wildman–Crippen MR) is 80.0 cm³/mol. The monoisotopic (exact) mass is 321 g/mol. The van der Waals surface area contributed by atoms with Crippen LogP contribution in [0.3, 0.4) is 0 Å². The molecule has 0 radical (unpaired) electrons. The van der Waals surface area contributed by atoms with Gasteiger partial charge in [-0.1, -0.05) is 13.3 Å². The van der Waals surface area contributed by atoms with Crippen LogP contribution in [-0.2, 0) is 15.9 Å². The van der Waals surface area contributed by atoms with Gasteiger partial charge >= 0.3 is 0 Å². The van der Waals surface area contributed by atoms with Crippen molar-refractivity contribution in [2.24, 2.45) is 0 Å². The van der Waals surface area contributed by atoms with E-state index in [0.717, 1.165) is 12.8 Å². The maximum Gasteiger partial charge on any atom is 0.243 e. The van der Waals surface area contributed by atoms with Gasteiger partial charge in [-0.15, -0.1) is 11.6 Å². The lowest BCUT2D eigenvalue weighted by molar-refractivity contribution is 0.368. The highest BCUT2D eigenvalue weighted by Gasteiger charge is 2.26. The summed E-state index contributed by atoms with van der Waals surface area (Å²) in [7, 11) is -2.07. The van der Waals surface area contributed by atoms with Crippen molar-refractivity contribution in [1.29, 1.82) is 0 Å². The van der Waals surface area contributed by atoms with Gasteiger partial charge in [-0.3, -0.25) is 0 Å². The summed E-state index contributed by atoms with van der Waals surface area (Å²) in [4.78, 5) is 0.0949. The minimum Gasteiger partial charge on any atom is -0.207 e. The smallest absolute Gasteiger partial charge is 0.207 e. The van der Waals surface area contributed by atoms with E-state index in [1.165, 1.54) is 16.4 Å². The summed E-state index contributed by atoms with van der Waals surface area (Å²) in [5.74, 6) is -0.493. The maximum atomic E-state index is 13.8. The summed E-state index contributed by atoms with van der Waals surface area (Å²) in [5.41, 5.74) is 0.500. The molecule has 0 heterocycles. The molecule has 0 aromatic heterocycles. The van der Waals surface area contributed by atoms with Gasteiger partial charge in [0.05, 0.1) is 10.8 Å². The van der Waals surface area contributed by atoms with Crippen molar-refractivity contribution < 1.29 is 12.8 Å². The van der Waals surface area contributed by atoms with E-state index < -0.39 is 15.8 Å². The molecular weight excluding hydrogens is 301 g/mol. The van der Waals surface area contributed by atoms with Gasteiger partial charge in [0.15, 0.2) is 0 Å². The van der Waals surface area contributed by atoms with E-state index >= 15 is 0 Å². The van der Waals surface area contributed by atoms with Gasteiger partial charge in [-0.2, -0.15) is 4.31 Å². The molecule has 114 valence electrons. The lowest BCUT2D eigenvalue weighted by atomic mass is 10.1. The molecule has 0 saturated heterocycles. The minimum absolute atomic E-state index is 0.0513. The first-order valence-electron chi connectivity index (χ1n) is 6.58. The van der Waals surface area contributed by atoms with Crippen LogP contribution in [0.25, 0.3) is 0 Å². The Balaban J connectivity index is 3.25. The summed E-state index contributed by atoms with van der Waals surface area (Å²) in [6.45, 7) is 5.41. The van der Waals surface area contributed by atoms with Gasteiger partial charge in [0, 0.05) is 18.7 Å². The average molecular weight is 322 g/mol. The highest BCUT2D eigenvalue weighted by molar-refractivity contribution is 7.89. The fourth-order valence-corrected chi connectivity index (χ4v) is 3.78. The number of halogens is 2. The third kappa shape index (κ3) is 3.51. The van der Waals surface area contributed by atoms with Crippen LogP contribution in [0.5, 0.6) is 0 Å². The molecule has 0 bridgehead atoms. The summed E-state index contributed by atoms with van der Waals surface area (Å²) < 4.78 is 40.2. The zero-order valence-corrected chi connectivity index (χ0v) is 13.9. The second kappa shape index (κ2) is 6.87. The van der Waals surface area contributed by atoms with Crippen LogP contribution in [0.4, 0.5) is 4.39 Å². The number of benzene rings is 1. The van der Waals surface area contributed by atoms with E-state index in [0.29, 0.717) is 5.56 Å². The molecule has 0 N–H and O–H groups in total. The zero-order valence-electron chi connectivity index (χ0n) is 12.3. The van der Waals surface area contributed by atoms with Gasteiger partial charge in [-0.25, -0.2) is 12.8 Å². The molecule has 0 aliphatic heterocycles.